The van der Waals surface area contributed by atoms with E-state index in [1.54, 1.807) is 0 Å². The van der Waals surface area contributed by atoms with Crippen molar-refractivity contribution in [3.63, 3.8) is 0 Å². The zero-order valence-corrected chi connectivity index (χ0v) is 9.82. The normalized spacial score (nSPS) is 4.67. The van der Waals surface area contributed by atoms with Gasteiger partial charge in [0.25, 0.3) is 0 Å². The molecule has 0 unspecified atom stereocenters. The van der Waals surface area contributed by atoms with E-state index in [1.807, 2.05) is 13.8 Å². The minimum atomic E-state index is 0. The van der Waals surface area contributed by atoms with Crippen LogP contribution in [0.4, 0.5) is 0 Å². The summed E-state index contributed by atoms with van der Waals surface area (Å²) >= 11 is 0. The molecule has 56 valence electrons. The summed E-state index contributed by atoms with van der Waals surface area (Å²) in [6.45, 7) is 6.03. The summed E-state index contributed by atoms with van der Waals surface area (Å²) in [6, 6.07) is 0. The summed E-state index contributed by atoms with van der Waals surface area (Å²) < 4.78 is 0. The average molecular weight is 208 g/mol. The van der Waals surface area contributed by atoms with Gasteiger partial charge in [-0.05, 0) is 0 Å². The van der Waals surface area contributed by atoms with Gasteiger partial charge in [-0.25, -0.2) is 0 Å². The van der Waals surface area contributed by atoms with Crippen molar-refractivity contribution in [2.45, 2.75) is 13.8 Å². The zero-order chi connectivity index (χ0) is 4.12. The van der Waals surface area contributed by atoms with Crippen molar-refractivity contribution in [1.29, 1.82) is 0 Å². The SMILES string of the molecule is CC[N-]CC.[CH3-].[CH3-].[CH3-].[Zr+4]. The topological polar surface area (TPSA) is 14.1 Å². The Hall–Kier alpha value is 0.843. The second kappa shape index (κ2) is 36.8. The summed E-state index contributed by atoms with van der Waals surface area (Å²) in [4.78, 5) is 0. The van der Waals surface area contributed by atoms with Gasteiger partial charge in [0.1, 0.15) is 0 Å². The first-order valence-electron chi connectivity index (χ1n) is 2.05. The van der Waals surface area contributed by atoms with E-state index in [-0.39, 0.29) is 48.5 Å². The molecule has 0 saturated heterocycles. The van der Waals surface area contributed by atoms with Gasteiger partial charge in [0, 0.05) is 0 Å². The molecule has 0 saturated carbocycles. The van der Waals surface area contributed by atoms with Gasteiger partial charge in [-0.3, -0.25) is 0 Å². The van der Waals surface area contributed by atoms with E-state index in [0.29, 0.717) is 0 Å². The monoisotopic (exact) mass is 207 g/mol. The van der Waals surface area contributed by atoms with Crippen molar-refractivity contribution in [1.82, 2.24) is 0 Å². The molecule has 0 aromatic rings. The second-order valence-corrected chi connectivity index (χ2v) is 0.856. The molecule has 0 heterocycles. The Labute approximate surface area is 80.7 Å². The van der Waals surface area contributed by atoms with E-state index in [1.165, 1.54) is 0 Å². The Morgan fingerprint density at radius 3 is 1.11 bits per heavy atom. The zero-order valence-electron chi connectivity index (χ0n) is 7.36. The van der Waals surface area contributed by atoms with Crippen LogP contribution in [0.15, 0.2) is 0 Å². The van der Waals surface area contributed by atoms with Crippen LogP contribution in [0.2, 0.25) is 0 Å². The average Bonchev–Trinajstić information content (AvgIpc) is 1.41. The molecule has 0 spiro atoms. The fourth-order valence-electron chi connectivity index (χ4n) is 0.224. The van der Waals surface area contributed by atoms with Gasteiger partial charge < -0.3 is 27.6 Å². The van der Waals surface area contributed by atoms with Gasteiger partial charge in [0.2, 0.25) is 0 Å². The largest absolute Gasteiger partial charge is 4.00 e. The Morgan fingerprint density at radius 1 is 0.889 bits per heavy atom. The quantitative estimate of drug-likeness (QED) is 0.620. The number of rotatable bonds is 2. The van der Waals surface area contributed by atoms with Crippen LogP contribution >= 0.6 is 0 Å². The molecule has 0 aliphatic carbocycles. The second-order valence-electron chi connectivity index (χ2n) is 0.856. The van der Waals surface area contributed by atoms with Crippen LogP contribution < -0.4 is 0 Å². The van der Waals surface area contributed by atoms with E-state index in [9.17, 15) is 0 Å². The molecule has 9 heavy (non-hydrogen) atoms. The van der Waals surface area contributed by atoms with Gasteiger partial charge in [-0.15, -0.1) is 0 Å². The number of hydrogen-bond donors (Lipinski definition) is 0. The summed E-state index contributed by atoms with van der Waals surface area (Å²) in [5.41, 5.74) is 0. The van der Waals surface area contributed by atoms with Crippen LogP contribution in [0.1, 0.15) is 13.8 Å². The molecule has 0 aliphatic heterocycles. The van der Waals surface area contributed by atoms with Gasteiger partial charge in [-0.1, -0.05) is 13.8 Å². The first-order chi connectivity index (χ1) is 2.41. The number of hydrogen-bond acceptors (Lipinski definition) is 0. The molecule has 0 radical (unpaired) electrons. The molecule has 1 nitrogen and oxygen atoms in total. The maximum atomic E-state index is 3.97. The van der Waals surface area contributed by atoms with Crippen LogP contribution in [0.3, 0.4) is 0 Å². The summed E-state index contributed by atoms with van der Waals surface area (Å²) in [5.74, 6) is 0. The molecular formula is C7H19NZr. The fraction of sp³-hybridized carbons (Fsp3) is 0.571. The molecule has 0 aromatic heterocycles. The van der Waals surface area contributed by atoms with Gasteiger partial charge in [-0.2, -0.15) is 13.1 Å². The number of nitrogens with zero attached hydrogens (tertiary/aromatic N) is 1. The third-order valence-corrected chi connectivity index (χ3v) is 0.447. The van der Waals surface area contributed by atoms with Crippen molar-refractivity contribution in [2.24, 2.45) is 0 Å². The van der Waals surface area contributed by atoms with E-state index >= 15 is 0 Å². The van der Waals surface area contributed by atoms with E-state index in [4.69, 9.17) is 0 Å². The third kappa shape index (κ3) is 51.2. The third-order valence-electron chi connectivity index (χ3n) is 0.447. The maximum absolute atomic E-state index is 3.97. The van der Waals surface area contributed by atoms with Gasteiger partial charge >= 0.3 is 26.2 Å². The smallest absolute Gasteiger partial charge is 0.663 e. The van der Waals surface area contributed by atoms with Crippen molar-refractivity contribution in [3.05, 3.63) is 27.6 Å². The minimum absolute atomic E-state index is 0. The van der Waals surface area contributed by atoms with Crippen LogP contribution in [0.5, 0.6) is 0 Å². The molecule has 0 aliphatic rings. The van der Waals surface area contributed by atoms with E-state index in [0.717, 1.165) is 13.1 Å². The Bertz CT molecular complexity index is 16.4. The Balaban J connectivity index is -0.0000000133. The van der Waals surface area contributed by atoms with Crippen LogP contribution in [0, 0.1) is 22.3 Å². The van der Waals surface area contributed by atoms with Crippen molar-refractivity contribution in [2.75, 3.05) is 13.1 Å². The van der Waals surface area contributed by atoms with E-state index in [2.05, 4.69) is 5.32 Å². The molecule has 0 rings (SSSR count). The first-order valence-corrected chi connectivity index (χ1v) is 2.05. The maximum Gasteiger partial charge on any atom is 4.00 e. The fourth-order valence-corrected chi connectivity index (χ4v) is 0.224. The predicted octanol–water partition coefficient (Wildman–Crippen LogP) is 2.75. The molecule has 0 aromatic carbocycles. The summed E-state index contributed by atoms with van der Waals surface area (Å²) in [7, 11) is 0. The standard InChI is InChI=1S/C4H10N.3CH3.Zr/c1-3-5-4-2;;;;/h3-4H2,1-2H3;3*1H3;/q4*-1;+4. The minimum Gasteiger partial charge on any atom is -0.663 e. The Kier molecular flexibility index (Phi) is 134. The van der Waals surface area contributed by atoms with Crippen molar-refractivity contribution < 1.29 is 26.2 Å². The predicted molar refractivity (Wildman–Crippen MR) is 43.7 cm³/mol. The molecule has 0 atom stereocenters. The van der Waals surface area contributed by atoms with Crippen molar-refractivity contribution in [3.8, 4) is 0 Å². The van der Waals surface area contributed by atoms with Gasteiger partial charge in [0.15, 0.2) is 0 Å². The molecule has 0 amide bonds. The molecular weight excluding hydrogens is 189 g/mol. The molecule has 0 bridgehead atoms. The summed E-state index contributed by atoms with van der Waals surface area (Å²) in [5, 5.41) is 3.97. The summed E-state index contributed by atoms with van der Waals surface area (Å²) in [6.07, 6.45) is 0. The van der Waals surface area contributed by atoms with Gasteiger partial charge in [0.05, 0.1) is 0 Å². The molecule has 0 fully saturated rings. The first kappa shape index (κ1) is 32.8. The van der Waals surface area contributed by atoms with Crippen LogP contribution in [-0.4, -0.2) is 13.1 Å². The molecule has 2 heteroatoms. The van der Waals surface area contributed by atoms with E-state index < -0.39 is 0 Å². The molecule has 0 N–H and O–H groups in total. The Morgan fingerprint density at radius 2 is 1.11 bits per heavy atom. The van der Waals surface area contributed by atoms with Crippen LogP contribution in [-0.2, 0) is 26.2 Å². The van der Waals surface area contributed by atoms with Crippen LogP contribution in [0.25, 0.3) is 5.32 Å². The van der Waals surface area contributed by atoms with Crippen molar-refractivity contribution >= 4 is 0 Å².